The molecule has 0 spiro atoms. The molecule has 4 heteroatoms. The summed E-state index contributed by atoms with van der Waals surface area (Å²) in [7, 11) is 2.01. The monoisotopic (exact) mass is 342 g/mol. The van der Waals surface area contributed by atoms with Gasteiger partial charge in [0.15, 0.2) is 11.7 Å². The molecular formula is C22H20N3O+. The number of para-hydroxylation sites is 1. The van der Waals surface area contributed by atoms with Gasteiger partial charge in [-0.15, -0.1) is 0 Å². The van der Waals surface area contributed by atoms with Gasteiger partial charge in [-0.05, 0) is 59.8 Å². The molecule has 0 aliphatic heterocycles. The Balaban J connectivity index is 1.97. The smallest absolute Gasteiger partial charge is 0.349 e. The number of pyridine rings is 1. The highest BCUT2D eigenvalue weighted by Crippen LogP contribution is 2.35. The Morgan fingerprint density at radius 3 is 2.35 bits per heavy atom. The Bertz CT molecular complexity index is 1140. The number of phenolic OH excluding ortho intramolecular Hbond substituents is 1. The van der Waals surface area contributed by atoms with Crippen molar-refractivity contribution in [2.24, 2.45) is 7.05 Å². The minimum absolute atomic E-state index is 0.291. The molecule has 0 amide bonds. The van der Waals surface area contributed by atoms with Crippen molar-refractivity contribution in [3.05, 3.63) is 72.1 Å². The lowest BCUT2D eigenvalue weighted by molar-refractivity contribution is -0.635. The summed E-state index contributed by atoms with van der Waals surface area (Å²) in [6.07, 6.45) is 3.41. The van der Waals surface area contributed by atoms with Gasteiger partial charge in [0.05, 0.1) is 13.2 Å². The molecule has 0 aliphatic rings. The SMILES string of the molecule is Cc1cc(C)c(-c2ccc3nccnc3[n+]2C)cc1-c1ccccc1O. The van der Waals surface area contributed by atoms with Crippen molar-refractivity contribution in [2.75, 3.05) is 0 Å². The Morgan fingerprint density at radius 2 is 1.54 bits per heavy atom. The number of rotatable bonds is 2. The highest BCUT2D eigenvalue weighted by Gasteiger charge is 2.17. The molecule has 0 atom stereocenters. The van der Waals surface area contributed by atoms with Crippen LogP contribution < -0.4 is 4.57 Å². The number of nitrogens with zero attached hydrogens (tertiary/aromatic N) is 3. The highest BCUT2D eigenvalue weighted by molar-refractivity contribution is 5.79. The summed E-state index contributed by atoms with van der Waals surface area (Å²) >= 11 is 0. The first-order chi connectivity index (χ1) is 12.6. The third-order valence-corrected chi connectivity index (χ3v) is 4.83. The Morgan fingerprint density at radius 1 is 0.808 bits per heavy atom. The van der Waals surface area contributed by atoms with Gasteiger partial charge >= 0.3 is 5.65 Å². The van der Waals surface area contributed by atoms with E-state index in [0.717, 1.165) is 39.1 Å². The average Bonchev–Trinajstić information content (AvgIpc) is 2.64. The van der Waals surface area contributed by atoms with E-state index in [4.69, 9.17) is 0 Å². The van der Waals surface area contributed by atoms with Crippen molar-refractivity contribution in [1.82, 2.24) is 9.97 Å². The second-order valence-corrected chi connectivity index (χ2v) is 6.54. The molecule has 1 N–H and O–H groups in total. The molecule has 0 bridgehead atoms. The van der Waals surface area contributed by atoms with Crippen molar-refractivity contribution < 1.29 is 9.67 Å². The summed E-state index contributed by atoms with van der Waals surface area (Å²) < 4.78 is 2.06. The zero-order chi connectivity index (χ0) is 18.3. The van der Waals surface area contributed by atoms with Crippen molar-refractivity contribution in [3.8, 4) is 28.1 Å². The maximum Gasteiger partial charge on any atom is 0.349 e. The van der Waals surface area contributed by atoms with Gasteiger partial charge in [0.2, 0.25) is 0 Å². The molecule has 4 aromatic rings. The predicted octanol–water partition coefficient (Wildman–Crippen LogP) is 4.11. The number of hydrogen-bond donors (Lipinski definition) is 1. The molecule has 0 fully saturated rings. The van der Waals surface area contributed by atoms with E-state index < -0.39 is 0 Å². The van der Waals surface area contributed by atoms with Crippen LogP contribution in [0.25, 0.3) is 33.5 Å². The summed E-state index contributed by atoms with van der Waals surface area (Å²) in [5.41, 5.74) is 8.07. The van der Waals surface area contributed by atoms with E-state index in [-0.39, 0.29) is 0 Å². The van der Waals surface area contributed by atoms with Crippen LogP contribution in [-0.2, 0) is 7.05 Å². The molecule has 0 saturated heterocycles. The van der Waals surface area contributed by atoms with Crippen molar-refractivity contribution in [1.29, 1.82) is 0 Å². The van der Waals surface area contributed by atoms with E-state index in [9.17, 15) is 5.11 Å². The van der Waals surface area contributed by atoms with Crippen LogP contribution in [-0.4, -0.2) is 15.1 Å². The minimum atomic E-state index is 0.291. The van der Waals surface area contributed by atoms with E-state index in [1.165, 1.54) is 5.56 Å². The quantitative estimate of drug-likeness (QED) is 0.558. The number of aromatic nitrogens is 3. The molecule has 2 aromatic carbocycles. The molecule has 128 valence electrons. The third kappa shape index (κ3) is 2.60. The van der Waals surface area contributed by atoms with Crippen LogP contribution in [0.4, 0.5) is 0 Å². The van der Waals surface area contributed by atoms with Gasteiger partial charge in [-0.1, -0.05) is 24.3 Å². The molecule has 4 rings (SSSR count). The molecule has 26 heavy (non-hydrogen) atoms. The van der Waals surface area contributed by atoms with Crippen LogP contribution in [0.1, 0.15) is 11.1 Å². The van der Waals surface area contributed by atoms with Gasteiger partial charge in [-0.3, -0.25) is 0 Å². The van der Waals surface area contributed by atoms with Crippen LogP contribution >= 0.6 is 0 Å². The van der Waals surface area contributed by atoms with Gasteiger partial charge in [-0.25, -0.2) is 9.55 Å². The summed E-state index contributed by atoms with van der Waals surface area (Å²) in [4.78, 5) is 8.84. The molecule has 4 nitrogen and oxygen atoms in total. The normalized spacial score (nSPS) is 11.0. The van der Waals surface area contributed by atoms with Gasteiger partial charge in [0, 0.05) is 11.1 Å². The summed E-state index contributed by atoms with van der Waals surface area (Å²) in [6.45, 7) is 4.18. The second kappa shape index (κ2) is 6.23. The average molecular weight is 342 g/mol. The third-order valence-electron chi connectivity index (χ3n) is 4.83. The predicted molar refractivity (Wildman–Crippen MR) is 103 cm³/mol. The van der Waals surface area contributed by atoms with Crippen LogP contribution in [0, 0.1) is 13.8 Å². The van der Waals surface area contributed by atoms with E-state index in [2.05, 4.69) is 46.6 Å². The fourth-order valence-corrected chi connectivity index (χ4v) is 3.49. The standard InChI is InChI=1S/C22H19N3O/c1-14-12-15(2)18(13-17(14)16-6-4-5-7-21(16)26)20-9-8-19-22(25(20)3)24-11-10-23-19/h4-13H,1-3H3/p+1. The van der Waals surface area contributed by atoms with E-state index in [1.807, 2.05) is 31.3 Å². The molecule has 2 heterocycles. The van der Waals surface area contributed by atoms with Crippen molar-refractivity contribution >= 4 is 11.2 Å². The van der Waals surface area contributed by atoms with Gasteiger partial charge in [0.1, 0.15) is 11.4 Å². The zero-order valence-corrected chi connectivity index (χ0v) is 15.1. The topological polar surface area (TPSA) is 49.9 Å². The lowest BCUT2D eigenvalue weighted by Gasteiger charge is -2.14. The Labute approximate surface area is 152 Å². The van der Waals surface area contributed by atoms with Crippen LogP contribution in [0.3, 0.4) is 0 Å². The van der Waals surface area contributed by atoms with Gasteiger partial charge in [0.25, 0.3) is 0 Å². The van der Waals surface area contributed by atoms with Crippen LogP contribution in [0.15, 0.2) is 60.9 Å². The number of hydrogen-bond acceptors (Lipinski definition) is 3. The fraction of sp³-hybridized carbons (Fsp3) is 0.136. The Kier molecular flexibility index (Phi) is 3.88. The highest BCUT2D eigenvalue weighted by atomic mass is 16.3. The van der Waals surface area contributed by atoms with Gasteiger partial charge in [-0.2, -0.15) is 0 Å². The molecular weight excluding hydrogens is 322 g/mol. The number of phenols is 1. The first-order valence-electron chi connectivity index (χ1n) is 8.56. The summed E-state index contributed by atoms with van der Waals surface area (Å²) in [5.74, 6) is 0.291. The van der Waals surface area contributed by atoms with Crippen molar-refractivity contribution in [2.45, 2.75) is 13.8 Å². The second-order valence-electron chi connectivity index (χ2n) is 6.54. The van der Waals surface area contributed by atoms with E-state index >= 15 is 0 Å². The number of fused-ring (bicyclic) bond motifs is 1. The molecule has 0 aliphatic carbocycles. The maximum absolute atomic E-state index is 10.3. The van der Waals surface area contributed by atoms with Crippen molar-refractivity contribution in [3.63, 3.8) is 0 Å². The number of aromatic hydroxyl groups is 1. The minimum Gasteiger partial charge on any atom is -0.507 e. The lowest BCUT2D eigenvalue weighted by Crippen LogP contribution is -2.33. The first-order valence-corrected chi connectivity index (χ1v) is 8.56. The van der Waals surface area contributed by atoms with Crippen LogP contribution in [0.2, 0.25) is 0 Å². The number of benzene rings is 2. The van der Waals surface area contributed by atoms with Gasteiger partial charge < -0.3 is 5.11 Å². The largest absolute Gasteiger partial charge is 0.507 e. The molecule has 0 saturated carbocycles. The fourth-order valence-electron chi connectivity index (χ4n) is 3.49. The molecule has 2 aromatic heterocycles. The summed E-state index contributed by atoms with van der Waals surface area (Å²) in [6, 6.07) is 15.8. The molecule has 0 radical (unpaired) electrons. The van der Waals surface area contributed by atoms with E-state index in [0.29, 0.717) is 5.75 Å². The van der Waals surface area contributed by atoms with Crippen LogP contribution in [0.5, 0.6) is 5.75 Å². The zero-order valence-electron chi connectivity index (χ0n) is 15.1. The first kappa shape index (κ1) is 16.2. The Hall–Kier alpha value is -3.27. The molecule has 0 unspecified atom stereocenters. The lowest BCUT2D eigenvalue weighted by atomic mass is 9.93. The summed E-state index contributed by atoms with van der Waals surface area (Å²) in [5, 5.41) is 10.3. The maximum atomic E-state index is 10.3. The van der Waals surface area contributed by atoms with E-state index in [1.54, 1.807) is 18.5 Å². The number of aryl methyl sites for hydroxylation is 3.